The highest BCUT2D eigenvalue weighted by molar-refractivity contribution is 5.88. The maximum Gasteiger partial charge on any atom is 0.433 e. The van der Waals surface area contributed by atoms with Crippen LogP contribution in [0.1, 0.15) is 25.1 Å². The molecule has 0 N–H and O–H groups in total. The smallest absolute Gasteiger partial charge is 0.433 e. The Hall–Kier alpha value is -2.05. The van der Waals surface area contributed by atoms with E-state index < -0.39 is 17.8 Å². The lowest BCUT2D eigenvalue weighted by molar-refractivity contribution is -0.141. The normalized spacial score (nSPS) is 11.7. The summed E-state index contributed by atoms with van der Waals surface area (Å²) in [7, 11) is 1.23. The lowest BCUT2D eigenvalue weighted by Gasteiger charge is -2.23. The second kappa shape index (κ2) is 7.10. The summed E-state index contributed by atoms with van der Waals surface area (Å²) in [6, 6.07) is 2.19. The number of anilines is 1. The molecule has 0 aromatic carbocycles. The highest BCUT2D eigenvalue weighted by Crippen LogP contribution is 2.31. The third kappa shape index (κ3) is 4.47. The molecule has 0 fully saturated rings. The van der Waals surface area contributed by atoms with Crippen LogP contribution in [0, 0.1) is 0 Å². The van der Waals surface area contributed by atoms with Crippen LogP contribution in [0.2, 0.25) is 0 Å². The molecule has 0 atom stereocenters. The third-order valence-corrected chi connectivity index (χ3v) is 2.86. The fourth-order valence-corrected chi connectivity index (χ4v) is 1.75. The molecule has 0 bridgehead atoms. The Morgan fingerprint density at radius 1 is 1.33 bits per heavy atom. The van der Waals surface area contributed by atoms with Gasteiger partial charge in [0, 0.05) is 24.7 Å². The van der Waals surface area contributed by atoms with Crippen molar-refractivity contribution in [3.8, 4) is 0 Å². The minimum atomic E-state index is -4.51. The number of carbonyl (C=O) groups excluding carboxylic acids is 1. The molecule has 0 spiro atoms. The monoisotopic (exact) mass is 302 g/mol. The van der Waals surface area contributed by atoms with Gasteiger partial charge in [0.25, 0.3) is 0 Å². The molecule has 0 amide bonds. The van der Waals surface area contributed by atoms with E-state index in [4.69, 9.17) is 0 Å². The first kappa shape index (κ1) is 17.0. The molecule has 0 saturated heterocycles. The van der Waals surface area contributed by atoms with Crippen molar-refractivity contribution in [2.24, 2.45) is 0 Å². The SMILES string of the molecule is CCN(CC)c1nc(C(F)(F)F)ccc1/C=C/C(=O)OC. The van der Waals surface area contributed by atoms with E-state index in [-0.39, 0.29) is 5.82 Å². The zero-order chi connectivity index (χ0) is 16.0. The number of pyridine rings is 1. The predicted molar refractivity (Wildman–Crippen MR) is 73.9 cm³/mol. The highest BCUT2D eigenvalue weighted by atomic mass is 19.4. The van der Waals surface area contributed by atoms with Crippen molar-refractivity contribution >= 4 is 17.9 Å². The van der Waals surface area contributed by atoms with Gasteiger partial charge in [-0.25, -0.2) is 9.78 Å². The van der Waals surface area contributed by atoms with Crippen molar-refractivity contribution < 1.29 is 22.7 Å². The number of rotatable bonds is 5. The average Bonchev–Trinajstić information content (AvgIpc) is 2.45. The molecule has 116 valence electrons. The lowest BCUT2D eigenvalue weighted by Crippen LogP contribution is -2.25. The van der Waals surface area contributed by atoms with Gasteiger partial charge in [0.1, 0.15) is 11.5 Å². The van der Waals surface area contributed by atoms with Gasteiger partial charge in [-0.1, -0.05) is 0 Å². The van der Waals surface area contributed by atoms with E-state index in [1.165, 1.54) is 19.3 Å². The summed E-state index contributed by atoms with van der Waals surface area (Å²) in [6.07, 6.45) is -1.96. The molecular weight excluding hydrogens is 285 g/mol. The van der Waals surface area contributed by atoms with Crippen LogP contribution in [0.25, 0.3) is 6.08 Å². The van der Waals surface area contributed by atoms with Gasteiger partial charge in [-0.2, -0.15) is 13.2 Å². The summed E-state index contributed by atoms with van der Waals surface area (Å²) < 4.78 is 42.8. The topological polar surface area (TPSA) is 42.4 Å². The molecule has 0 aliphatic carbocycles. The van der Waals surface area contributed by atoms with Crippen LogP contribution in [0.5, 0.6) is 0 Å². The molecule has 1 aromatic heterocycles. The van der Waals surface area contributed by atoms with Gasteiger partial charge in [-0.15, -0.1) is 0 Å². The van der Waals surface area contributed by atoms with Crippen molar-refractivity contribution in [1.29, 1.82) is 0 Å². The minimum absolute atomic E-state index is 0.190. The first-order chi connectivity index (χ1) is 9.83. The number of ether oxygens (including phenoxy) is 1. The van der Waals surface area contributed by atoms with Gasteiger partial charge in [-0.05, 0) is 32.1 Å². The Bertz CT molecular complexity index is 523. The molecule has 1 aromatic rings. The summed E-state index contributed by atoms with van der Waals surface area (Å²) in [5, 5.41) is 0. The number of aromatic nitrogens is 1. The maximum absolute atomic E-state index is 12.8. The number of nitrogens with zero attached hydrogens (tertiary/aromatic N) is 2. The predicted octanol–water partition coefficient (Wildman–Crippen LogP) is 3.13. The maximum atomic E-state index is 12.8. The van der Waals surface area contributed by atoms with Crippen LogP contribution in [0.15, 0.2) is 18.2 Å². The summed E-state index contributed by atoms with van der Waals surface area (Å²) in [4.78, 5) is 16.5. The Labute approximate surface area is 121 Å². The fraction of sp³-hybridized carbons (Fsp3) is 0.429. The molecule has 0 aliphatic rings. The lowest BCUT2D eigenvalue weighted by atomic mass is 10.2. The number of esters is 1. The van der Waals surface area contributed by atoms with Gasteiger partial charge >= 0.3 is 12.1 Å². The molecule has 7 heteroatoms. The van der Waals surface area contributed by atoms with Gasteiger partial charge in [0.05, 0.1) is 7.11 Å². The molecule has 4 nitrogen and oxygen atoms in total. The Morgan fingerprint density at radius 2 is 1.95 bits per heavy atom. The van der Waals surface area contributed by atoms with Crippen LogP contribution < -0.4 is 4.90 Å². The highest BCUT2D eigenvalue weighted by Gasteiger charge is 2.33. The Kier molecular flexibility index (Phi) is 5.75. The quantitative estimate of drug-likeness (QED) is 0.619. The zero-order valence-corrected chi connectivity index (χ0v) is 12.1. The van der Waals surface area contributed by atoms with Crippen LogP contribution in [-0.4, -0.2) is 31.2 Å². The van der Waals surface area contributed by atoms with E-state index >= 15 is 0 Å². The van der Waals surface area contributed by atoms with E-state index in [1.54, 1.807) is 4.90 Å². The summed E-state index contributed by atoms with van der Waals surface area (Å²) >= 11 is 0. The number of hydrogen-bond donors (Lipinski definition) is 0. The van der Waals surface area contributed by atoms with Crippen molar-refractivity contribution in [3.63, 3.8) is 0 Å². The number of carbonyl (C=O) groups is 1. The zero-order valence-electron chi connectivity index (χ0n) is 12.1. The molecule has 0 unspecified atom stereocenters. The summed E-state index contributed by atoms with van der Waals surface area (Å²) in [6.45, 7) is 4.65. The second-order valence-corrected chi connectivity index (χ2v) is 4.14. The van der Waals surface area contributed by atoms with Crippen LogP contribution in [-0.2, 0) is 15.7 Å². The molecule has 0 aliphatic heterocycles. The first-order valence-electron chi connectivity index (χ1n) is 6.42. The largest absolute Gasteiger partial charge is 0.466 e. The van der Waals surface area contributed by atoms with Crippen molar-refractivity contribution in [1.82, 2.24) is 4.98 Å². The van der Waals surface area contributed by atoms with Gasteiger partial charge in [-0.3, -0.25) is 0 Å². The second-order valence-electron chi connectivity index (χ2n) is 4.14. The van der Waals surface area contributed by atoms with Crippen molar-refractivity contribution in [3.05, 3.63) is 29.5 Å². The standard InChI is InChI=1S/C14H17F3N2O2/c1-4-19(5-2)13-10(7-9-12(20)21-3)6-8-11(18-13)14(15,16)17/h6-9H,4-5H2,1-3H3/b9-7+. The van der Waals surface area contributed by atoms with Crippen molar-refractivity contribution in [2.75, 3.05) is 25.1 Å². The third-order valence-electron chi connectivity index (χ3n) is 2.86. The number of methoxy groups -OCH3 is 1. The van der Waals surface area contributed by atoms with Crippen LogP contribution in [0.3, 0.4) is 0 Å². The van der Waals surface area contributed by atoms with Crippen LogP contribution in [0.4, 0.5) is 19.0 Å². The van der Waals surface area contributed by atoms with Crippen molar-refractivity contribution in [2.45, 2.75) is 20.0 Å². The molecule has 0 saturated carbocycles. The molecule has 1 rings (SSSR count). The van der Waals surface area contributed by atoms with E-state index in [0.717, 1.165) is 12.1 Å². The summed E-state index contributed by atoms with van der Waals surface area (Å²) in [5.41, 5.74) is -0.531. The number of hydrogen-bond acceptors (Lipinski definition) is 4. The minimum Gasteiger partial charge on any atom is -0.466 e. The Morgan fingerprint density at radius 3 is 2.43 bits per heavy atom. The average molecular weight is 302 g/mol. The van der Waals surface area contributed by atoms with Gasteiger partial charge < -0.3 is 9.64 Å². The first-order valence-corrected chi connectivity index (χ1v) is 6.42. The summed E-state index contributed by atoms with van der Waals surface area (Å²) in [5.74, 6) is -0.393. The van der Waals surface area contributed by atoms with E-state index in [9.17, 15) is 18.0 Å². The van der Waals surface area contributed by atoms with E-state index in [2.05, 4.69) is 9.72 Å². The number of halogens is 3. The van der Waals surface area contributed by atoms with E-state index in [0.29, 0.717) is 18.7 Å². The molecular formula is C14H17F3N2O2. The van der Waals surface area contributed by atoms with Crippen LogP contribution >= 0.6 is 0 Å². The van der Waals surface area contributed by atoms with Gasteiger partial charge in [0.2, 0.25) is 0 Å². The molecule has 21 heavy (non-hydrogen) atoms. The fourth-order valence-electron chi connectivity index (χ4n) is 1.75. The Balaban J connectivity index is 3.29. The molecule has 0 radical (unpaired) electrons. The molecule has 1 heterocycles. The van der Waals surface area contributed by atoms with Gasteiger partial charge in [0.15, 0.2) is 0 Å². The number of alkyl halides is 3. The van der Waals surface area contributed by atoms with E-state index in [1.807, 2.05) is 13.8 Å².